The van der Waals surface area contributed by atoms with E-state index in [-0.39, 0.29) is 35.4 Å². The SMILES string of the molecule is O=C(OCCCn1c(=O)[nH]c2ccccc21)c1ccc(S(=O)(=O)NCC2CCCO2)cc1. The Morgan fingerprint density at radius 1 is 1.19 bits per heavy atom. The Bertz CT molecular complexity index is 1240. The fourth-order valence-corrected chi connectivity index (χ4v) is 4.73. The van der Waals surface area contributed by atoms with Crippen molar-refractivity contribution in [2.45, 2.75) is 36.8 Å². The van der Waals surface area contributed by atoms with Gasteiger partial charge in [-0.15, -0.1) is 0 Å². The summed E-state index contributed by atoms with van der Waals surface area (Å²) in [5, 5.41) is 0. The highest BCUT2D eigenvalue weighted by Gasteiger charge is 2.20. The van der Waals surface area contributed by atoms with Crippen LogP contribution in [0.5, 0.6) is 0 Å². The van der Waals surface area contributed by atoms with E-state index in [0.29, 0.717) is 19.6 Å². The van der Waals surface area contributed by atoms with Gasteiger partial charge >= 0.3 is 11.7 Å². The Hall–Kier alpha value is -2.95. The number of carbonyl (C=O) groups excluding carboxylic acids is 1. The number of hydrogen-bond donors (Lipinski definition) is 2. The molecule has 0 bridgehead atoms. The number of nitrogens with zero attached hydrogens (tertiary/aromatic N) is 1. The largest absolute Gasteiger partial charge is 0.462 e. The van der Waals surface area contributed by atoms with E-state index in [0.717, 1.165) is 23.9 Å². The lowest BCUT2D eigenvalue weighted by Gasteiger charge is -2.11. The standard InChI is InChI=1S/C22H25N3O6S/c26-21(31-14-4-12-25-20-7-2-1-6-19(20)24-22(25)27)16-8-10-18(11-9-16)32(28,29)23-15-17-5-3-13-30-17/h1-2,6-11,17,23H,3-5,12-15H2,(H,24,27). The Morgan fingerprint density at radius 2 is 1.97 bits per heavy atom. The summed E-state index contributed by atoms with van der Waals surface area (Å²) >= 11 is 0. The lowest BCUT2D eigenvalue weighted by atomic mass is 10.2. The first-order valence-electron chi connectivity index (χ1n) is 10.5. The molecule has 1 aliphatic rings. The third-order valence-corrected chi connectivity index (χ3v) is 6.81. The molecule has 1 aromatic heterocycles. The number of ether oxygens (including phenoxy) is 2. The summed E-state index contributed by atoms with van der Waals surface area (Å²) in [6.07, 6.45) is 2.14. The van der Waals surface area contributed by atoms with Gasteiger partial charge in [0, 0.05) is 19.7 Å². The van der Waals surface area contributed by atoms with Gasteiger partial charge in [0.05, 0.1) is 34.2 Å². The summed E-state index contributed by atoms with van der Waals surface area (Å²) in [7, 11) is -3.68. The average molecular weight is 460 g/mol. The van der Waals surface area contributed by atoms with Crippen molar-refractivity contribution in [2.75, 3.05) is 19.8 Å². The first-order chi connectivity index (χ1) is 15.4. The Labute approximate surface area is 185 Å². The molecule has 0 radical (unpaired) electrons. The van der Waals surface area contributed by atoms with E-state index in [2.05, 4.69) is 9.71 Å². The van der Waals surface area contributed by atoms with Gasteiger partial charge < -0.3 is 14.5 Å². The Kier molecular flexibility index (Phi) is 6.73. The molecule has 1 saturated heterocycles. The van der Waals surface area contributed by atoms with Gasteiger partial charge in [0.2, 0.25) is 10.0 Å². The number of esters is 1. The van der Waals surface area contributed by atoms with E-state index < -0.39 is 16.0 Å². The summed E-state index contributed by atoms with van der Waals surface area (Å²) in [4.78, 5) is 27.2. The molecular formula is C22H25N3O6S. The first-order valence-corrected chi connectivity index (χ1v) is 12.0. The van der Waals surface area contributed by atoms with Gasteiger partial charge in [0.15, 0.2) is 0 Å². The van der Waals surface area contributed by atoms with Crippen LogP contribution in [0.3, 0.4) is 0 Å². The van der Waals surface area contributed by atoms with Crippen molar-refractivity contribution in [3.8, 4) is 0 Å². The van der Waals surface area contributed by atoms with Crippen molar-refractivity contribution in [3.05, 3.63) is 64.6 Å². The van der Waals surface area contributed by atoms with Gasteiger partial charge in [-0.25, -0.2) is 22.7 Å². The molecule has 9 nitrogen and oxygen atoms in total. The molecule has 32 heavy (non-hydrogen) atoms. The number of fused-ring (bicyclic) bond motifs is 1. The Balaban J connectivity index is 1.28. The van der Waals surface area contributed by atoms with Crippen LogP contribution >= 0.6 is 0 Å². The molecule has 4 rings (SSSR count). The molecule has 0 saturated carbocycles. The fraction of sp³-hybridized carbons (Fsp3) is 0.364. The van der Waals surface area contributed by atoms with Crippen LogP contribution in [0.2, 0.25) is 0 Å². The van der Waals surface area contributed by atoms with Crippen LogP contribution in [-0.4, -0.2) is 49.8 Å². The monoisotopic (exact) mass is 459 g/mol. The van der Waals surface area contributed by atoms with Crippen LogP contribution in [0.4, 0.5) is 0 Å². The molecule has 10 heteroatoms. The van der Waals surface area contributed by atoms with E-state index in [4.69, 9.17) is 9.47 Å². The zero-order valence-electron chi connectivity index (χ0n) is 17.5. The lowest BCUT2D eigenvalue weighted by Crippen LogP contribution is -2.31. The van der Waals surface area contributed by atoms with Gasteiger partial charge in [0.1, 0.15) is 0 Å². The maximum absolute atomic E-state index is 12.4. The van der Waals surface area contributed by atoms with Crippen molar-refractivity contribution < 1.29 is 22.7 Å². The van der Waals surface area contributed by atoms with Crippen LogP contribution in [0, 0.1) is 0 Å². The summed E-state index contributed by atoms with van der Waals surface area (Å²) in [5.74, 6) is -0.549. The second-order valence-electron chi connectivity index (χ2n) is 7.60. The third kappa shape index (κ3) is 5.09. The lowest BCUT2D eigenvalue weighted by molar-refractivity contribution is 0.0496. The number of sulfonamides is 1. The zero-order valence-corrected chi connectivity index (χ0v) is 18.3. The van der Waals surface area contributed by atoms with Crippen molar-refractivity contribution >= 4 is 27.0 Å². The maximum Gasteiger partial charge on any atom is 0.338 e. The van der Waals surface area contributed by atoms with Crippen LogP contribution in [0.15, 0.2) is 58.2 Å². The first kappa shape index (κ1) is 22.3. The Morgan fingerprint density at radius 3 is 2.72 bits per heavy atom. The molecule has 3 aromatic rings. The smallest absolute Gasteiger partial charge is 0.338 e. The molecular weight excluding hydrogens is 434 g/mol. The van der Waals surface area contributed by atoms with Gasteiger partial charge in [-0.3, -0.25) is 4.57 Å². The number of aromatic nitrogens is 2. The number of imidazole rings is 1. The molecule has 2 aromatic carbocycles. The quantitative estimate of drug-likeness (QED) is 0.373. The van der Waals surface area contributed by atoms with Crippen LogP contribution in [0.25, 0.3) is 11.0 Å². The predicted molar refractivity (Wildman–Crippen MR) is 118 cm³/mol. The maximum atomic E-state index is 12.4. The minimum absolute atomic E-state index is 0.0748. The molecule has 1 aliphatic heterocycles. The minimum Gasteiger partial charge on any atom is -0.462 e. The van der Waals surface area contributed by atoms with Crippen molar-refractivity contribution in [3.63, 3.8) is 0 Å². The summed E-state index contributed by atoms with van der Waals surface area (Å²) in [6.45, 7) is 1.42. The van der Waals surface area contributed by atoms with Gasteiger partial charge in [-0.2, -0.15) is 0 Å². The molecule has 170 valence electrons. The number of rotatable bonds is 9. The summed E-state index contributed by atoms with van der Waals surface area (Å²) in [6, 6.07) is 13.0. The normalized spacial score (nSPS) is 16.4. The number of hydrogen-bond acceptors (Lipinski definition) is 6. The number of H-pyrrole nitrogens is 1. The van der Waals surface area contributed by atoms with Gasteiger partial charge in [-0.1, -0.05) is 12.1 Å². The molecule has 1 atom stereocenters. The number of para-hydroxylation sites is 2. The molecule has 2 N–H and O–H groups in total. The average Bonchev–Trinajstić information content (AvgIpc) is 3.43. The molecule has 0 aliphatic carbocycles. The number of aromatic amines is 1. The molecule has 0 amide bonds. The highest BCUT2D eigenvalue weighted by molar-refractivity contribution is 7.89. The molecule has 0 spiro atoms. The molecule has 1 unspecified atom stereocenters. The van der Waals surface area contributed by atoms with Gasteiger partial charge in [-0.05, 0) is 55.7 Å². The second kappa shape index (κ2) is 9.68. The van der Waals surface area contributed by atoms with E-state index >= 15 is 0 Å². The molecule has 2 heterocycles. The van der Waals surface area contributed by atoms with E-state index in [9.17, 15) is 18.0 Å². The van der Waals surface area contributed by atoms with Gasteiger partial charge in [0.25, 0.3) is 0 Å². The summed E-state index contributed by atoms with van der Waals surface area (Å²) < 4.78 is 39.6. The van der Waals surface area contributed by atoms with Crippen molar-refractivity contribution in [2.24, 2.45) is 0 Å². The van der Waals surface area contributed by atoms with Crippen molar-refractivity contribution in [1.29, 1.82) is 0 Å². The topological polar surface area (TPSA) is 119 Å². The van der Waals surface area contributed by atoms with Crippen molar-refractivity contribution in [1.82, 2.24) is 14.3 Å². The predicted octanol–water partition coefficient (Wildman–Crippen LogP) is 2.03. The number of aryl methyl sites for hydroxylation is 1. The van der Waals surface area contributed by atoms with E-state index in [1.165, 1.54) is 24.3 Å². The minimum atomic E-state index is -3.68. The number of nitrogens with one attached hydrogen (secondary N) is 2. The fourth-order valence-electron chi connectivity index (χ4n) is 3.66. The highest BCUT2D eigenvalue weighted by atomic mass is 32.2. The highest BCUT2D eigenvalue weighted by Crippen LogP contribution is 2.15. The van der Waals surface area contributed by atoms with Crippen LogP contribution < -0.4 is 10.4 Å². The van der Waals surface area contributed by atoms with Crippen LogP contribution in [-0.2, 0) is 26.0 Å². The molecule has 1 fully saturated rings. The third-order valence-electron chi connectivity index (χ3n) is 5.37. The summed E-state index contributed by atoms with van der Waals surface area (Å²) in [5.41, 5.74) is 1.61. The second-order valence-corrected chi connectivity index (χ2v) is 9.37. The van der Waals surface area contributed by atoms with E-state index in [1.54, 1.807) is 4.57 Å². The van der Waals surface area contributed by atoms with Crippen LogP contribution in [0.1, 0.15) is 29.6 Å². The number of carbonyl (C=O) groups is 1. The number of benzene rings is 2. The zero-order chi connectivity index (χ0) is 22.6. The van der Waals surface area contributed by atoms with E-state index in [1.807, 2.05) is 24.3 Å².